The number of esters is 1. The van der Waals surface area contributed by atoms with Gasteiger partial charge in [0.05, 0.1) is 48.7 Å². The van der Waals surface area contributed by atoms with Crippen LogP contribution in [0.3, 0.4) is 0 Å². The second-order valence-electron chi connectivity index (χ2n) is 8.22. The highest BCUT2D eigenvalue weighted by atomic mass is 19.1. The highest BCUT2D eigenvalue weighted by Crippen LogP contribution is 2.26. The van der Waals surface area contributed by atoms with Crippen LogP contribution in [0.15, 0.2) is 30.7 Å². The normalized spacial score (nSPS) is 11.2. The van der Waals surface area contributed by atoms with Gasteiger partial charge in [0, 0.05) is 30.9 Å². The minimum absolute atomic E-state index is 0.284. The summed E-state index contributed by atoms with van der Waals surface area (Å²) < 4.78 is 27.3. The summed E-state index contributed by atoms with van der Waals surface area (Å²) in [5.74, 6) is -0.274. The SMILES string of the molecule is CCOC(=O)c1c(C)nn(-c2cc(Cc3c(C)c(-c4ccc(F)cn4)nn3CCOC)ncn2)c1C. The molecule has 0 radical (unpaired) electrons. The van der Waals surface area contributed by atoms with Crippen LogP contribution in [-0.2, 0) is 22.4 Å². The van der Waals surface area contributed by atoms with E-state index in [2.05, 4.69) is 20.1 Å². The molecule has 0 aliphatic heterocycles. The first-order valence-electron chi connectivity index (χ1n) is 11.6. The first-order valence-corrected chi connectivity index (χ1v) is 11.6. The van der Waals surface area contributed by atoms with Gasteiger partial charge in [-0.2, -0.15) is 10.2 Å². The lowest BCUT2D eigenvalue weighted by Crippen LogP contribution is -2.12. The molecule has 188 valence electrons. The summed E-state index contributed by atoms with van der Waals surface area (Å²) in [6.07, 6.45) is 3.11. The second kappa shape index (κ2) is 10.7. The molecule has 0 bridgehead atoms. The number of hydrogen-bond acceptors (Lipinski definition) is 8. The van der Waals surface area contributed by atoms with Gasteiger partial charge in [0.1, 0.15) is 23.4 Å². The molecule has 0 saturated heterocycles. The van der Waals surface area contributed by atoms with Crippen molar-refractivity contribution in [2.24, 2.45) is 0 Å². The number of aromatic nitrogens is 7. The summed E-state index contributed by atoms with van der Waals surface area (Å²) in [5, 5.41) is 9.24. The molecule has 0 aromatic carbocycles. The first kappa shape index (κ1) is 25.1. The van der Waals surface area contributed by atoms with E-state index in [0.29, 0.717) is 53.7 Å². The number of halogens is 1. The Morgan fingerprint density at radius 3 is 2.61 bits per heavy atom. The number of pyridine rings is 1. The second-order valence-corrected chi connectivity index (χ2v) is 8.22. The highest BCUT2D eigenvalue weighted by Gasteiger charge is 2.22. The van der Waals surface area contributed by atoms with Gasteiger partial charge in [0.2, 0.25) is 0 Å². The zero-order chi connectivity index (χ0) is 25.8. The maximum absolute atomic E-state index is 13.4. The lowest BCUT2D eigenvalue weighted by molar-refractivity contribution is 0.0524. The van der Waals surface area contributed by atoms with Gasteiger partial charge in [-0.25, -0.2) is 23.8 Å². The summed E-state index contributed by atoms with van der Waals surface area (Å²) in [5.41, 5.74) is 5.49. The fourth-order valence-corrected chi connectivity index (χ4v) is 4.07. The van der Waals surface area contributed by atoms with Crippen LogP contribution >= 0.6 is 0 Å². The van der Waals surface area contributed by atoms with E-state index in [0.717, 1.165) is 17.0 Å². The molecule has 4 aromatic rings. The third-order valence-electron chi connectivity index (χ3n) is 5.84. The molecule has 0 aliphatic carbocycles. The third-order valence-corrected chi connectivity index (χ3v) is 5.84. The van der Waals surface area contributed by atoms with Crippen molar-refractivity contribution in [3.63, 3.8) is 0 Å². The molecule has 0 spiro atoms. The molecular weight excluding hydrogens is 465 g/mol. The predicted octanol–water partition coefficient (Wildman–Crippen LogP) is 3.40. The van der Waals surface area contributed by atoms with Gasteiger partial charge in [-0.15, -0.1) is 0 Å². The van der Waals surface area contributed by atoms with Crippen molar-refractivity contribution < 1.29 is 18.7 Å². The Kier molecular flexibility index (Phi) is 7.49. The number of rotatable bonds is 9. The summed E-state index contributed by atoms with van der Waals surface area (Å²) in [6.45, 7) is 8.59. The van der Waals surface area contributed by atoms with Gasteiger partial charge >= 0.3 is 5.97 Å². The van der Waals surface area contributed by atoms with Crippen molar-refractivity contribution in [1.29, 1.82) is 0 Å². The number of aryl methyl sites for hydroxylation is 1. The van der Waals surface area contributed by atoms with E-state index in [1.54, 1.807) is 38.6 Å². The molecule has 4 rings (SSSR count). The average Bonchev–Trinajstić information content (AvgIpc) is 3.34. The van der Waals surface area contributed by atoms with Gasteiger partial charge in [-0.05, 0) is 39.8 Å². The lowest BCUT2D eigenvalue weighted by atomic mass is 10.1. The van der Waals surface area contributed by atoms with E-state index in [-0.39, 0.29) is 6.61 Å². The van der Waals surface area contributed by atoms with Crippen molar-refractivity contribution >= 4 is 5.97 Å². The quantitative estimate of drug-likeness (QED) is 0.326. The number of carbonyl (C=O) groups excluding carboxylic acids is 1. The molecule has 0 amide bonds. The fourth-order valence-electron chi connectivity index (χ4n) is 4.07. The number of ether oxygens (including phenoxy) is 2. The fraction of sp³-hybridized carbons (Fsp3) is 0.360. The van der Waals surface area contributed by atoms with E-state index >= 15 is 0 Å². The van der Waals surface area contributed by atoms with Crippen molar-refractivity contribution in [1.82, 2.24) is 34.5 Å². The van der Waals surface area contributed by atoms with Crippen LogP contribution in [0.25, 0.3) is 17.2 Å². The van der Waals surface area contributed by atoms with Gasteiger partial charge in [-0.3, -0.25) is 9.67 Å². The summed E-state index contributed by atoms with van der Waals surface area (Å²) >= 11 is 0. The van der Waals surface area contributed by atoms with Gasteiger partial charge in [0.25, 0.3) is 0 Å². The number of nitrogens with zero attached hydrogens (tertiary/aromatic N) is 7. The molecule has 10 nitrogen and oxygen atoms in total. The Bertz CT molecular complexity index is 1380. The smallest absolute Gasteiger partial charge is 0.341 e. The summed E-state index contributed by atoms with van der Waals surface area (Å²) in [7, 11) is 1.63. The van der Waals surface area contributed by atoms with Crippen molar-refractivity contribution in [2.75, 3.05) is 20.3 Å². The molecule has 0 aliphatic rings. The van der Waals surface area contributed by atoms with Crippen LogP contribution in [0.2, 0.25) is 0 Å². The summed E-state index contributed by atoms with van der Waals surface area (Å²) in [4.78, 5) is 25.4. The van der Waals surface area contributed by atoms with Crippen LogP contribution in [-0.4, -0.2) is 60.8 Å². The molecule has 0 fully saturated rings. The minimum atomic E-state index is -0.410. The van der Waals surface area contributed by atoms with E-state index in [9.17, 15) is 9.18 Å². The zero-order valence-electron chi connectivity index (χ0n) is 20.9. The Balaban J connectivity index is 1.70. The molecule has 11 heteroatoms. The Morgan fingerprint density at radius 1 is 1.11 bits per heavy atom. The maximum Gasteiger partial charge on any atom is 0.341 e. The molecule has 0 atom stereocenters. The molecular formula is C25H28FN7O3. The molecule has 4 heterocycles. The zero-order valence-corrected chi connectivity index (χ0v) is 20.9. The molecule has 0 unspecified atom stereocenters. The Hall–Kier alpha value is -3.99. The largest absolute Gasteiger partial charge is 0.462 e. The van der Waals surface area contributed by atoms with Crippen LogP contribution in [0.4, 0.5) is 4.39 Å². The number of hydrogen-bond donors (Lipinski definition) is 0. The van der Waals surface area contributed by atoms with Crippen molar-refractivity contribution in [3.05, 3.63) is 70.4 Å². The van der Waals surface area contributed by atoms with E-state index in [4.69, 9.17) is 14.6 Å². The molecule has 4 aromatic heterocycles. The van der Waals surface area contributed by atoms with Crippen LogP contribution in [0.1, 0.15) is 45.6 Å². The van der Waals surface area contributed by atoms with Crippen molar-refractivity contribution in [3.8, 4) is 17.2 Å². The van der Waals surface area contributed by atoms with E-state index in [1.807, 2.05) is 17.7 Å². The highest BCUT2D eigenvalue weighted by molar-refractivity contribution is 5.92. The number of carbonyl (C=O) groups is 1. The standard InChI is InChI=1S/C25H28FN7O3/c1-6-36-25(34)23-16(3)30-33(17(23)4)22-12-19(28-14-29-22)11-21-15(2)24(31-32(21)9-10-35-5)20-8-7-18(26)13-27-20/h7-8,12-14H,6,9-11H2,1-5H3. The van der Waals surface area contributed by atoms with Crippen LogP contribution in [0, 0.1) is 26.6 Å². The van der Waals surface area contributed by atoms with Gasteiger partial charge in [-0.1, -0.05) is 0 Å². The molecule has 36 heavy (non-hydrogen) atoms. The first-order chi connectivity index (χ1) is 17.3. The Morgan fingerprint density at radius 2 is 1.92 bits per heavy atom. The van der Waals surface area contributed by atoms with Crippen molar-refractivity contribution in [2.45, 2.75) is 40.7 Å². The average molecular weight is 494 g/mol. The Labute approximate surface area is 208 Å². The van der Waals surface area contributed by atoms with Gasteiger partial charge in [0.15, 0.2) is 5.82 Å². The van der Waals surface area contributed by atoms with Crippen LogP contribution in [0.5, 0.6) is 0 Å². The molecule has 0 N–H and O–H groups in total. The molecule has 0 saturated carbocycles. The third kappa shape index (κ3) is 5.01. The topological polar surface area (TPSA) is 110 Å². The predicted molar refractivity (Wildman–Crippen MR) is 129 cm³/mol. The van der Waals surface area contributed by atoms with Crippen LogP contribution < -0.4 is 0 Å². The van der Waals surface area contributed by atoms with E-state index in [1.165, 1.54) is 18.6 Å². The van der Waals surface area contributed by atoms with Gasteiger partial charge < -0.3 is 9.47 Å². The maximum atomic E-state index is 13.4. The van der Waals surface area contributed by atoms with E-state index < -0.39 is 11.8 Å². The summed E-state index contributed by atoms with van der Waals surface area (Å²) in [6, 6.07) is 4.81. The number of methoxy groups -OCH3 is 1. The lowest BCUT2D eigenvalue weighted by Gasteiger charge is -2.09. The monoisotopic (exact) mass is 493 g/mol. The minimum Gasteiger partial charge on any atom is -0.462 e.